The Hall–Kier alpha value is -4.77. The van der Waals surface area contributed by atoms with E-state index in [2.05, 4.69) is 15.3 Å². The topological polar surface area (TPSA) is 125 Å². The van der Waals surface area contributed by atoms with Crippen molar-refractivity contribution in [3.63, 3.8) is 0 Å². The Morgan fingerprint density at radius 2 is 1.55 bits per heavy atom. The molecule has 254 valence electrons. The minimum atomic E-state index is -5.14. The van der Waals surface area contributed by atoms with Crippen LogP contribution in [0.5, 0.6) is 5.75 Å². The maximum Gasteiger partial charge on any atom is 0.416 e. The molecule has 2 aromatic carbocycles. The lowest BCUT2D eigenvalue weighted by molar-refractivity contribution is -0.143. The molecule has 18 heteroatoms. The molecule has 0 radical (unpaired) electrons. The Labute approximate surface area is 260 Å². The number of halogens is 9. The van der Waals surface area contributed by atoms with Crippen LogP contribution in [0.15, 0.2) is 42.6 Å². The minimum absolute atomic E-state index is 0.0430. The zero-order valence-electron chi connectivity index (χ0n) is 24.1. The molecule has 2 heterocycles. The molecule has 47 heavy (non-hydrogen) atoms. The van der Waals surface area contributed by atoms with Crippen molar-refractivity contribution in [1.29, 1.82) is 0 Å². The fourth-order valence-electron chi connectivity index (χ4n) is 5.12. The number of anilines is 2. The van der Waals surface area contributed by atoms with Gasteiger partial charge in [-0.2, -0.15) is 39.5 Å². The first-order valence-corrected chi connectivity index (χ1v) is 13.8. The first-order chi connectivity index (χ1) is 21.8. The largest absolute Gasteiger partial charge is 0.489 e. The number of fused-ring (bicyclic) bond motifs is 1. The maximum atomic E-state index is 13.6. The van der Waals surface area contributed by atoms with Crippen LogP contribution >= 0.6 is 0 Å². The van der Waals surface area contributed by atoms with Crippen LogP contribution in [0.25, 0.3) is 0 Å². The second-order valence-corrected chi connectivity index (χ2v) is 10.5. The van der Waals surface area contributed by atoms with Crippen molar-refractivity contribution in [3.8, 4) is 5.75 Å². The summed E-state index contributed by atoms with van der Waals surface area (Å²) in [7, 11) is 0. The number of hydrogen-bond acceptors (Lipinski definition) is 6. The van der Waals surface area contributed by atoms with Crippen LogP contribution < -0.4 is 15.0 Å². The summed E-state index contributed by atoms with van der Waals surface area (Å²) >= 11 is 0. The van der Waals surface area contributed by atoms with Gasteiger partial charge in [0.25, 0.3) is 0 Å². The molecule has 4 rings (SSSR count). The molecule has 1 aliphatic heterocycles. The summed E-state index contributed by atoms with van der Waals surface area (Å²) in [6, 6.07) is 1.68. The van der Waals surface area contributed by atoms with Crippen molar-refractivity contribution in [2.45, 2.75) is 63.2 Å². The van der Waals surface area contributed by atoms with Crippen LogP contribution in [0.4, 0.5) is 55.9 Å². The quantitative estimate of drug-likeness (QED) is 0.196. The zero-order valence-corrected chi connectivity index (χ0v) is 24.1. The van der Waals surface area contributed by atoms with Gasteiger partial charge in [-0.3, -0.25) is 9.69 Å². The number of carbonyl (C=O) groups is 2. The van der Waals surface area contributed by atoms with Gasteiger partial charge in [0.05, 0.1) is 53.3 Å². The molecule has 0 saturated heterocycles. The predicted octanol–water partition coefficient (Wildman–Crippen LogP) is 7.80. The lowest BCUT2D eigenvalue weighted by atomic mass is 9.89. The molecular weight excluding hydrogens is 655 g/mol. The smallest absolute Gasteiger partial charge is 0.416 e. The van der Waals surface area contributed by atoms with Gasteiger partial charge in [-0.05, 0) is 60.4 Å². The summed E-state index contributed by atoms with van der Waals surface area (Å²) in [4.78, 5) is 32.2. The number of amides is 1. The fourth-order valence-corrected chi connectivity index (χ4v) is 5.12. The number of nitrogens with one attached hydrogen (secondary N) is 1. The Balaban J connectivity index is 1.78. The average molecular weight is 681 g/mol. The van der Waals surface area contributed by atoms with E-state index in [1.165, 1.54) is 0 Å². The number of ether oxygens (including phenoxy) is 1. The zero-order chi connectivity index (χ0) is 34.9. The van der Waals surface area contributed by atoms with Gasteiger partial charge in [-0.25, -0.2) is 14.8 Å². The van der Waals surface area contributed by atoms with Gasteiger partial charge < -0.3 is 20.3 Å². The number of rotatable bonds is 9. The molecule has 0 fully saturated rings. The molecule has 1 aromatic heterocycles. The van der Waals surface area contributed by atoms with Gasteiger partial charge in [0.15, 0.2) is 5.75 Å². The molecule has 2 atom stereocenters. The first kappa shape index (κ1) is 35.1. The van der Waals surface area contributed by atoms with E-state index in [1.807, 2.05) is 0 Å². The monoisotopic (exact) mass is 680 g/mol. The van der Waals surface area contributed by atoms with Crippen LogP contribution in [0.3, 0.4) is 0 Å². The average Bonchev–Trinajstić information content (AvgIpc) is 2.95. The highest BCUT2D eigenvalue weighted by atomic mass is 19.4. The van der Waals surface area contributed by atoms with Gasteiger partial charge in [0.1, 0.15) is 0 Å². The molecular formula is C29H25F9N4O5. The molecule has 1 aliphatic rings. The van der Waals surface area contributed by atoms with Crippen molar-refractivity contribution >= 4 is 23.7 Å². The maximum absolute atomic E-state index is 13.6. The molecule has 0 saturated carbocycles. The molecule has 3 aromatic rings. The third-order valence-electron chi connectivity index (χ3n) is 7.27. The van der Waals surface area contributed by atoms with E-state index in [-0.39, 0.29) is 47.6 Å². The highest BCUT2D eigenvalue weighted by Gasteiger charge is 2.40. The lowest BCUT2D eigenvalue weighted by Crippen LogP contribution is -2.45. The molecule has 0 unspecified atom stereocenters. The summed E-state index contributed by atoms with van der Waals surface area (Å²) in [5.41, 5.74) is -5.12. The van der Waals surface area contributed by atoms with Crippen molar-refractivity contribution in [2.75, 3.05) is 16.8 Å². The number of aliphatic carboxylic acids is 1. The van der Waals surface area contributed by atoms with Crippen molar-refractivity contribution in [2.24, 2.45) is 0 Å². The fraction of sp³-hybridized carbons (Fsp3) is 0.379. The number of carboxylic acid groups (broad SMARTS) is 2. The third-order valence-corrected chi connectivity index (χ3v) is 7.27. The summed E-state index contributed by atoms with van der Waals surface area (Å²) < 4.78 is 127. The molecule has 0 bridgehead atoms. The Bertz CT molecular complexity index is 1610. The van der Waals surface area contributed by atoms with Crippen molar-refractivity contribution in [3.05, 3.63) is 76.1 Å². The van der Waals surface area contributed by atoms with Crippen molar-refractivity contribution in [1.82, 2.24) is 9.97 Å². The van der Waals surface area contributed by atoms with Gasteiger partial charge in [-0.1, -0.05) is 6.92 Å². The van der Waals surface area contributed by atoms with E-state index >= 15 is 0 Å². The number of alkyl halides is 9. The van der Waals surface area contributed by atoms with Gasteiger partial charge >= 0.3 is 30.6 Å². The van der Waals surface area contributed by atoms with E-state index in [0.717, 1.165) is 29.3 Å². The number of benzene rings is 2. The van der Waals surface area contributed by atoms with E-state index in [4.69, 9.17) is 9.84 Å². The van der Waals surface area contributed by atoms with Crippen LogP contribution in [0.1, 0.15) is 65.7 Å². The molecule has 0 aliphatic carbocycles. The van der Waals surface area contributed by atoms with Gasteiger partial charge in [0.2, 0.25) is 5.95 Å². The number of hydrogen-bond donors (Lipinski definition) is 3. The number of nitrogens with zero attached hydrogens (tertiary/aromatic N) is 3. The summed E-state index contributed by atoms with van der Waals surface area (Å²) in [6.45, 7) is 1.20. The number of aromatic nitrogens is 2. The summed E-state index contributed by atoms with van der Waals surface area (Å²) in [6.07, 6.45) is -16.5. The molecule has 0 spiro atoms. The highest BCUT2D eigenvalue weighted by Crippen LogP contribution is 2.43. The Morgan fingerprint density at radius 1 is 0.936 bits per heavy atom. The van der Waals surface area contributed by atoms with Crippen LogP contribution in [-0.2, 0) is 29.7 Å². The number of carboxylic acids is 1. The molecule has 9 nitrogen and oxygen atoms in total. The van der Waals surface area contributed by atoms with Crippen LogP contribution in [-0.4, -0.2) is 44.9 Å². The lowest BCUT2D eigenvalue weighted by Gasteiger charge is -2.39. The molecule has 1 amide bonds. The second kappa shape index (κ2) is 13.2. The van der Waals surface area contributed by atoms with E-state index in [1.54, 1.807) is 6.92 Å². The first-order valence-electron chi connectivity index (χ1n) is 13.8. The van der Waals surface area contributed by atoms with Crippen LogP contribution in [0.2, 0.25) is 0 Å². The molecule has 3 N–H and O–H groups in total. The normalized spacial score (nSPS) is 16.9. The standard InChI is InChI=1S/C29H25F9N4O5/c1-2-18-12-20(19-11-15(27(30,31)32)3-4-22(19)42(18)26(45)46)40-25-39-13-23(47-6-5-24(43)44)21(41-25)9-14-7-16(28(33,34)35)10-17(8-14)29(36,37)38/h3-4,7-8,10-11,13,18,20H,2,5-6,9,12H2,1H3,(H,43,44)(H,45,46)(H,39,40,41)/t18-,20+/m1/s1. The van der Waals surface area contributed by atoms with E-state index in [9.17, 15) is 54.2 Å². The van der Waals surface area contributed by atoms with E-state index in [0.29, 0.717) is 12.1 Å². The Morgan fingerprint density at radius 3 is 2.09 bits per heavy atom. The minimum Gasteiger partial charge on any atom is -0.489 e. The Kier molecular flexibility index (Phi) is 9.82. The van der Waals surface area contributed by atoms with E-state index < -0.39 is 84.4 Å². The highest BCUT2D eigenvalue weighted by molar-refractivity contribution is 5.89. The summed E-state index contributed by atoms with van der Waals surface area (Å²) in [5, 5.41) is 21.6. The predicted molar refractivity (Wildman–Crippen MR) is 146 cm³/mol. The van der Waals surface area contributed by atoms with Gasteiger partial charge in [-0.15, -0.1) is 0 Å². The summed E-state index contributed by atoms with van der Waals surface area (Å²) in [5.74, 6) is -1.86. The second-order valence-electron chi connectivity index (χ2n) is 10.5. The SMILES string of the molecule is CC[C@@H]1C[C@H](Nc2ncc(OCCC(=O)O)c(Cc3cc(C(F)(F)F)cc(C(F)(F)F)c3)n2)c2cc(C(F)(F)F)ccc2N1C(=O)O. The van der Waals surface area contributed by atoms with Crippen molar-refractivity contribution < 1.29 is 64.1 Å². The van der Waals surface area contributed by atoms with Gasteiger partial charge in [0, 0.05) is 12.5 Å². The third kappa shape index (κ3) is 8.34. The van der Waals surface area contributed by atoms with Crippen LogP contribution in [0, 0.1) is 0 Å².